The maximum Gasteiger partial charge on any atom is 0.206 e. The van der Waals surface area contributed by atoms with Gasteiger partial charge in [-0.05, 0) is 43.5 Å². The standard InChI is InChI=1S/C15H19N3.BrH/c1-4-7-17-13-9-11(2)12(3)10-14(13)18-8-5-6-16-15(17)18;/h4,9-10H,1,5-8H2,2-3H3;1H. The summed E-state index contributed by atoms with van der Waals surface area (Å²) in [5.41, 5.74) is 5.26. The van der Waals surface area contributed by atoms with Gasteiger partial charge in [0.25, 0.3) is 0 Å². The Kier molecular flexibility index (Phi) is 3.99. The molecule has 19 heavy (non-hydrogen) atoms. The number of nitrogens with zero attached hydrogens (tertiary/aromatic N) is 3. The van der Waals surface area contributed by atoms with Gasteiger partial charge in [-0.1, -0.05) is 6.08 Å². The van der Waals surface area contributed by atoms with Gasteiger partial charge in [0.1, 0.15) is 0 Å². The molecule has 3 rings (SSSR count). The number of rotatable bonds is 2. The van der Waals surface area contributed by atoms with Gasteiger partial charge in [-0.2, -0.15) is 0 Å². The molecule has 0 spiro atoms. The first kappa shape index (κ1) is 14.1. The number of hydrogen-bond acceptors (Lipinski definition) is 3. The van der Waals surface area contributed by atoms with Crippen LogP contribution in [0, 0.1) is 13.8 Å². The van der Waals surface area contributed by atoms with E-state index in [9.17, 15) is 0 Å². The lowest BCUT2D eigenvalue weighted by Gasteiger charge is -2.26. The highest BCUT2D eigenvalue weighted by Crippen LogP contribution is 2.40. The fourth-order valence-corrected chi connectivity index (χ4v) is 2.69. The normalized spacial score (nSPS) is 16.4. The van der Waals surface area contributed by atoms with Crippen molar-refractivity contribution < 1.29 is 0 Å². The Bertz CT molecular complexity index is 536. The van der Waals surface area contributed by atoms with Crippen LogP contribution in [0.1, 0.15) is 17.5 Å². The van der Waals surface area contributed by atoms with E-state index in [0.29, 0.717) is 0 Å². The summed E-state index contributed by atoms with van der Waals surface area (Å²) < 4.78 is 0. The molecule has 0 aromatic heterocycles. The first-order chi connectivity index (χ1) is 8.72. The summed E-state index contributed by atoms with van der Waals surface area (Å²) in [6.45, 7) is 11.0. The molecule has 2 heterocycles. The number of hydrogen-bond donors (Lipinski definition) is 0. The van der Waals surface area contributed by atoms with Crippen molar-refractivity contribution in [2.45, 2.75) is 20.3 Å². The second kappa shape index (κ2) is 5.37. The molecule has 102 valence electrons. The Morgan fingerprint density at radius 2 is 1.95 bits per heavy atom. The molecule has 3 nitrogen and oxygen atoms in total. The summed E-state index contributed by atoms with van der Waals surface area (Å²) in [5.74, 6) is 1.10. The van der Waals surface area contributed by atoms with E-state index < -0.39 is 0 Å². The zero-order chi connectivity index (χ0) is 12.7. The van der Waals surface area contributed by atoms with Crippen molar-refractivity contribution in [1.29, 1.82) is 0 Å². The van der Waals surface area contributed by atoms with E-state index in [1.54, 1.807) is 0 Å². The molecular weight excluding hydrogens is 302 g/mol. The molecule has 0 aliphatic carbocycles. The Labute approximate surface area is 125 Å². The van der Waals surface area contributed by atoms with E-state index in [1.165, 1.54) is 22.5 Å². The van der Waals surface area contributed by atoms with E-state index in [4.69, 9.17) is 0 Å². The zero-order valence-corrected chi connectivity index (χ0v) is 13.2. The van der Waals surface area contributed by atoms with Crippen molar-refractivity contribution in [3.63, 3.8) is 0 Å². The largest absolute Gasteiger partial charge is 0.310 e. The molecule has 2 aliphatic heterocycles. The second-order valence-corrected chi connectivity index (χ2v) is 5.01. The first-order valence-electron chi connectivity index (χ1n) is 6.54. The minimum absolute atomic E-state index is 0. The van der Waals surface area contributed by atoms with Crippen LogP contribution in [0.4, 0.5) is 11.4 Å². The van der Waals surface area contributed by atoms with Crippen LogP contribution in [0.25, 0.3) is 0 Å². The van der Waals surface area contributed by atoms with Gasteiger partial charge in [-0.3, -0.25) is 4.99 Å². The molecule has 0 amide bonds. The summed E-state index contributed by atoms with van der Waals surface area (Å²) in [5, 5.41) is 0. The predicted molar refractivity (Wildman–Crippen MR) is 88.0 cm³/mol. The van der Waals surface area contributed by atoms with Gasteiger partial charge in [0.05, 0.1) is 11.4 Å². The van der Waals surface area contributed by atoms with E-state index in [0.717, 1.165) is 32.0 Å². The van der Waals surface area contributed by atoms with Gasteiger partial charge in [0, 0.05) is 19.6 Å². The monoisotopic (exact) mass is 321 g/mol. The van der Waals surface area contributed by atoms with E-state index in [2.05, 4.69) is 47.4 Å². The van der Waals surface area contributed by atoms with Crippen LogP contribution in [0.3, 0.4) is 0 Å². The molecule has 0 atom stereocenters. The zero-order valence-electron chi connectivity index (χ0n) is 11.5. The molecule has 0 saturated heterocycles. The number of guanidine groups is 1. The summed E-state index contributed by atoms with van der Waals surface area (Å²) in [6, 6.07) is 4.56. The number of halogens is 1. The molecule has 0 unspecified atom stereocenters. The Hall–Kier alpha value is -1.29. The lowest BCUT2D eigenvalue weighted by atomic mass is 10.1. The topological polar surface area (TPSA) is 18.8 Å². The van der Waals surface area contributed by atoms with Crippen LogP contribution in [0.5, 0.6) is 0 Å². The lowest BCUT2D eigenvalue weighted by molar-refractivity contribution is 0.788. The Morgan fingerprint density at radius 1 is 1.26 bits per heavy atom. The SMILES string of the molecule is Br.C=CCN1C2=NCCCN2c2cc(C)c(C)cc21. The molecule has 0 bridgehead atoms. The maximum atomic E-state index is 4.69. The Morgan fingerprint density at radius 3 is 2.63 bits per heavy atom. The second-order valence-electron chi connectivity index (χ2n) is 5.01. The van der Waals surface area contributed by atoms with Crippen LogP contribution in [0.2, 0.25) is 0 Å². The van der Waals surface area contributed by atoms with Gasteiger partial charge in [-0.15, -0.1) is 23.6 Å². The quantitative estimate of drug-likeness (QED) is 0.777. The third-order valence-corrected chi connectivity index (χ3v) is 3.76. The summed E-state index contributed by atoms with van der Waals surface area (Å²) in [6.07, 6.45) is 3.08. The lowest BCUT2D eigenvalue weighted by Crippen LogP contribution is -2.41. The third-order valence-electron chi connectivity index (χ3n) is 3.76. The third kappa shape index (κ3) is 2.18. The molecule has 2 aliphatic rings. The first-order valence-corrected chi connectivity index (χ1v) is 6.54. The fraction of sp³-hybridized carbons (Fsp3) is 0.400. The highest BCUT2D eigenvalue weighted by molar-refractivity contribution is 8.93. The molecule has 1 aromatic carbocycles. The van der Waals surface area contributed by atoms with Gasteiger partial charge in [0.2, 0.25) is 5.96 Å². The highest BCUT2D eigenvalue weighted by atomic mass is 79.9. The van der Waals surface area contributed by atoms with Crippen molar-refractivity contribution in [1.82, 2.24) is 0 Å². The van der Waals surface area contributed by atoms with E-state index in [1.807, 2.05) is 6.08 Å². The molecule has 4 heteroatoms. The minimum Gasteiger partial charge on any atom is -0.310 e. The number of benzene rings is 1. The van der Waals surface area contributed by atoms with Crippen molar-refractivity contribution in [2.75, 3.05) is 29.4 Å². The number of anilines is 2. The minimum atomic E-state index is 0. The smallest absolute Gasteiger partial charge is 0.206 e. The van der Waals surface area contributed by atoms with Crippen molar-refractivity contribution in [3.8, 4) is 0 Å². The molecule has 1 aromatic rings. The summed E-state index contributed by atoms with van der Waals surface area (Å²) in [7, 11) is 0. The van der Waals surface area contributed by atoms with Gasteiger partial charge >= 0.3 is 0 Å². The molecular formula is C15H20BrN3. The number of fused-ring (bicyclic) bond motifs is 3. The predicted octanol–water partition coefficient (Wildman–Crippen LogP) is 3.45. The van der Waals surface area contributed by atoms with E-state index >= 15 is 0 Å². The van der Waals surface area contributed by atoms with Crippen LogP contribution in [-0.2, 0) is 0 Å². The van der Waals surface area contributed by atoms with Crippen LogP contribution >= 0.6 is 17.0 Å². The van der Waals surface area contributed by atoms with Crippen LogP contribution < -0.4 is 9.80 Å². The van der Waals surface area contributed by atoms with Crippen molar-refractivity contribution >= 4 is 34.3 Å². The maximum absolute atomic E-state index is 4.69. The molecule has 0 N–H and O–H groups in total. The molecule has 0 radical (unpaired) electrons. The van der Waals surface area contributed by atoms with Gasteiger partial charge in [0.15, 0.2) is 0 Å². The average Bonchev–Trinajstić information content (AvgIpc) is 2.66. The van der Waals surface area contributed by atoms with Crippen molar-refractivity contribution in [2.24, 2.45) is 4.99 Å². The van der Waals surface area contributed by atoms with Crippen molar-refractivity contribution in [3.05, 3.63) is 35.9 Å². The van der Waals surface area contributed by atoms with Gasteiger partial charge in [-0.25, -0.2) is 0 Å². The van der Waals surface area contributed by atoms with Crippen LogP contribution in [0.15, 0.2) is 29.8 Å². The Balaban J connectivity index is 0.00000133. The summed E-state index contributed by atoms with van der Waals surface area (Å²) >= 11 is 0. The van der Waals surface area contributed by atoms with Crippen LogP contribution in [-0.4, -0.2) is 25.6 Å². The number of aryl methyl sites for hydroxylation is 2. The highest BCUT2D eigenvalue weighted by Gasteiger charge is 2.33. The molecule has 0 fully saturated rings. The molecule has 0 saturated carbocycles. The van der Waals surface area contributed by atoms with E-state index in [-0.39, 0.29) is 17.0 Å². The average molecular weight is 322 g/mol. The fourth-order valence-electron chi connectivity index (χ4n) is 2.69. The van der Waals surface area contributed by atoms with Gasteiger partial charge < -0.3 is 9.80 Å². The number of aliphatic imine (C=N–C) groups is 1. The summed E-state index contributed by atoms with van der Waals surface area (Å²) in [4.78, 5) is 9.30.